The van der Waals surface area contributed by atoms with E-state index in [1.54, 1.807) is 24.5 Å². The van der Waals surface area contributed by atoms with Crippen LogP contribution in [0.1, 0.15) is 36.0 Å². The lowest BCUT2D eigenvalue weighted by atomic mass is 9.93. The van der Waals surface area contributed by atoms with Gasteiger partial charge in [-0.25, -0.2) is 0 Å². The fraction of sp³-hybridized carbons (Fsp3) is 0.333. The predicted octanol–water partition coefficient (Wildman–Crippen LogP) is 2.76. The number of aromatic nitrogens is 1. The van der Waals surface area contributed by atoms with Gasteiger partial charge in [0.1, 0.15) is 0 Å². The number of allylic oxidation sites excluding steroid dienone is 2. The zero-order valence-electron chi connectivity index (χ0n) is 8.07. The number of rotatable bonds is 2. The van der Waals surface area contributed by atoms with Crippen LogP contribution in [0.2, 0.25) is 0 Å². The number of carbonyl (C=O) groups excluding carboxylic acids is 1. The Kier molecular flexibility index (Phi) is 2.73. The van der Waals surface area contributed by atoms with Crippen LogP contribution in [0.4, 0.5) is 0 Å². The molecule has 1 aromatic rings. The van der Waals surface area contributed by atoms with Crippen molar-refractivity contribution in [1.29, 1.82) is 0 Å². The van der Waals surface area contributed by atoms with E-state index in [1.165, 1.54) is 6.42 Å². The normalized spacial score (nSPS) is 16.1. The van der Waals surface area contributed by atoms with Crippen LogP contribution in [0.5, 0.6) is 0 Å². The molecule has 0 bridgehead atoms. The number of hydrogen-bond donors (Lipinski definition) is 0. The number of Topliss-reactive ketones (excluding diaryl/α,β-unsaturated/α-hetero) is 1. The van der Waals surface area contributed by atoms with Gasteiger partial charge in [-0.05, 0) is 43.4 Å². The van der Waals surface area contributed by atoms with Crippen LogP contribution in [-0.2, 0) is 0 Å². The Balaban J connectivity index is 2.20. The third kappa shape index (κ3) is 1.90. The van der Waals surface area contributed by atoms with Gasteiger partial charge in [0.2, 0.25) is 0 Å². The van der Waals surface area contributed by atoms with Gasteiger partial charge in [-0.3, -0.25) is 9.78 Å². The fourth-order valence-electron chi connectivity index (χ4n) is 1.73. The van der Waals surface area contributed by atoms with Gasteiger partial charge in [-0.1, -0.05) is 6.08 Å². The molecule has 72 valence electrons. The van der Waals surface area contributed by atoms with Crippen LogP contribution >= 0.6 is 0 Å². The number of nitrogens with zero attached hydrogens (tertiary/aromatic N) is 1. The van der Waals surface area contributed by atoms with Crippen LogP contribution in [0, 0.1) is 0 Å². The molecule has 0 spiro atoms. The van der Waals surface area contributed by atoms with E-state index in [0.29, 0.717) is 0 Å². The SMILES string of the molecule is O=C(C1=CCCCC1)c1ccncc1. The van der Waals surface area contributed by atoms with Gasteiger partial charge >= 0.3 is 0 Å². The molecule has 0 amide bonds. The Hall–Kier alpha value is -1.44. The van der Waals surface area contributed by atoms with E-state index in [2.05, 4.69) is 11.1 Å². The minimum Gasteiger partial charge on any atom is -0.289 e. The number of pyridine rings is 1. The maximum atomic E-state index is 11.9. The van der Waals surface area contributed by atoms with Crippen molar-refractivity contribution in [2.45, 2.75) is 25.7 Å². The van der Waals surface area contributed by atoms with Gasteiger partial charge < -0.3 is 0 Å². The summed E-state index contributed by atoms with van der Waals surface area (Å²) in [6.07, 6.45) is 9.74. The van der Waals surface area contributed by atoms with Crippen molar-refractivity contribution in [1.82, 2.24) is 4.98 Å². The highest BCUT2D eigenvalue weighted by molar-refractivity contribution is 6.08. The lowest BCUT2D eigenvalue weighted by Gasteiger charge is -2.10. The maximum Gasteiger partial charge on any atom is 0.188 e. The average molecular weight is 187 g/mol. The summed E-state index contributed by atoms with van der Waals surface area (Å²) in [6, 6.07) is 3.55. The molecule has 0 atom stereocenters. The van der Waals surface area contributed by atoms with Gasteiger partial charge in [0.25, 0.3) is 0 Å². The summed E-state index contributed by atoms with van der Waals surface area (Å²) < 4.78 is 0. The summed E-state index contributed by atoms with van der Waals surface area (Å²) in [6.45, 7) is 0. The Labute approximate surface area is 83.7 Å². The van der Waals surface area contributed by atoms with E-state index in [-0.39, 0.29) is 5.78 Å². The Morgan fingerprint density at radius 1 is 1.21 bits per heavy atom. The monoisotopic (exact) mass is 187 g/mol. The molecule has 1 aliphatic carbocycles. The van der Waals surface area contributed by atoms with E-state index >= 15 is 0 Å². The maximum absolute atomic E-state index is 11.9. The Morgan fingerprint density at radius 2 is 2.00 bits per heavy atom. The molecule has 2 rings (SSSR count). The summed E-state index contributed by atoms with van der Waals surface area (Å²) in [5.41, 5.74) is 1.73. The minimum absolute atomic E-state index is 0.173. The fourth-order valence-corrected chi connectivity index (χ4v) is 1.73. The van der Waals surface area contributed by atoms with Gasteiger partial charge in [0.15, 0.2) is 5.78 Å². The van der Waals surface area contributed by atoms with Crippen molar-refractivity contribution in [3.05, 3.63) is 41.7 Å². The molecule has 1 aromatic heterocycles. The predicted molar refractivity (Wildman–Crippen MR) is 55.1 cm³/mol. The highest BCUT2D eigenvalue weighted by atomic mass is 16.1. The first-order valence-corrected chi connectivity index (χ1v) is 5.02. The Bertz CT molecular complexity index is 354. The molecule has 0 fully saturated rings. The molecule has 0 aromatic carbocycles. The molecule has 0 N–H and O–H groups in total. The van der Waals surface area contributed by atoms with Crippen molar-refractivity contribution in [3.8, 4) is 0 Å². The van der Waals surface area contributed by atoms with Crippen molar-refractivity contribution >= 4 is 5.78 Å². The van der Waals surface area contributed by atoms with Crippen LogP contribution in [0.25, 0.3) is 0 Å². The summed E-state index contributed by atoms with van der Waals surface area (Å²) >= 11 is 0. The standard InChI is InChI=1S/C12H13NO/c14-12(10-4-2-1-3-5-10)11-6-8-13-9-7-11/h4,6-9H,1-3,5H2. The highest BCUT2D eigenvalue weighted by Gasteiger charge is 2.13. The second-order valence-corrected chi connectivity index (χ2v) is 3.54. The lowest BCUT2D eigenvalue weighted by molar-refractivity contribution is 0.102. The first kappa shape index (κ1) is 9.13. The number of ketones is 1. The van der Waals surface area contributed by atoms with Gasteiger partial charge in [-0.15, -0.1) is 0 Å². The van der Waals surface area contributed by atoms with E-state index in [9.17, 15) is 4.79 Å². The molecular formula is C12H13NO. The summed E-state index contributed by atoms with van der Waals surface area (Å²) in [5.74, 6) is 0.173. The summed E-state index contributed by atoms with van der Waals surface area (Å²) in [7, 11) is 0. The third-order valence-corrected chi connectivity index (χ3v) is 2.53. The van der Waals surface area contributed by atoms with Crippen LogP contribution in [-0.4, -0.2) is 10.8 Å². The highest BCUT2D eigenvalue weighted by Crippen LogP contribution is 2.20. The van der Waals surface area contributed by atoms with Gasteiger partial charge in [0.05, 0.1) is 0 Å². The third-order valence-electron chi connectivity index (χ3n) is 2.53. The zero-order chi connectivity index (χ0) is 9.80. The molecule has 14 heavy (non-hydrogen) atoms. The zero-order valence-corrected chi connectivity index (χ0v) is 8.07. The second-order valence-electron chi connectivity index (χ2n) is 3.54. The summed E-state index contributed by atoms with van der Waals surface area (Å²) in [4.78, 5) is 15.8. The molecule has 0 radical (unpaired) electrons. The molecule has 0 unspecified atom stereocenters. The molecule has 0 saturated heterocycles. The lowest BCUT2D eigenvalue weighted by Crippen LogP contribution is -2.06. The minimum atomic E-state index is 0.173. The van der Waals surface area contributed by atoms with Crippen molar-refractivity contribution in [2.24, 2.45) is 0 Å². The Morgan fingerprint density at radius 3 is 2.64 bits per heavy atom. The van der Waals surface area contributed by atoms with Gasteiger partial charge in [-0.2, -0.15) is 0 Å². The second kappa shape index (κ2) is 4.18. The molecule has 2 heteroatoms. The van der Waals surface area contributed by atoms with Crippen molar-refractivity contribution in [2.75, 3.05) is 0 Å². The number of carbonyl (C=O) groups is 1. The van der Waals surface area contributed by atoms with Crippen LogP contribution < -0.4 is 0 Å². The molecule has 2 nitrogen and oxygen atoms in total. The average Bonchev–Trinajstić information content (AvgIpc) is 2.30. The quantitative estimate of drug-likeness (QED) is 0.666. The van der Waals surface area contributed by atoms with E-state index in [1.807, 2.05) is 0 Å². The largest absolute Gasteiger partial charge is 0.289 e. The van der Waals surface area contributed by atoms with Crippen LogP contribution in [0.3, 0.4) is 0 Å². The topological polar surface area (TPSA) is 30.0 Å². The first-order chi connectivity index (χ1) is 6.88. The van der Waals surface area contributed by atoms with Crippen molar-refractivity contribution in [3.63, 3.8) is 0 Å². The molecular weight excluding hydrogens is 174 g/mol. The van der Waals surface area contributed by atoms with Gasteiger partial charge in [0, 0.05) is 18.0 Å². The van der Waals surface area contributed by atoms with Crippen LogP contribution in [0.15, 0.2) is 36.2 Å². The van der Waals surface area contributed by atoms with E-state index in [4.69, 9.17) is 0 Å². The molecule has 0 aliphatic heterocycles. The molecule has 1 aliphatic rings. The van der Waals surface area contributed by atoms with E-state index < -0.39 is 0 Å². The van der Waals surface area contributed by atoms with E-state index in [0.717, 1.165) is 30.4 Å². The van der Waals surface area contributed by atoms with Crippen molar-refractivity contribution < 1.29 is 4.79 Å². The smallest absolute Gasteiger partial charge is 0.188 e. The first-order valence-electron chi connectivity index (χ1n) is 5.02. The molecule has 1 heterocycles. The molecule has 0 saturated carbocycles. The number of hydrogen-bond acceptors (Lipinski definition) is 2. The summed E-state index contributed by atoms with van der Waals surface area (Å²) in [5, 5.41) is 0.